The number of halogens is 3. The van der Waals surface area contributed by atoms with Crippen LogP contribution in [0.15, 0.2) is 97.1 Å². The highest BCUT2D eigenvalue weighted by molar-refractivity contribution is 6.34. The van der Waals surface area contributed by atoms with E-state index in [0.717, 1.165) is 0 Å². The molecule has 0 aliphatic carbocycles. The summed E-state index contributed by atoms with van der Waals surface area (Å²) in [7, 11) is 0. The topological polar surface area (TPSA) is 177 Å². The van der Waals surface area contributed by atoms with Crippen LogP contribution in [0.1, 0.15) is 41.4 Å². The number of carboxylic acids is 1. The third-order valence-corrected chi connectivity index (χ3v) is 7.15. The van der Waals surface area contributed by atoms with Gasteiger partial charge in [-0.2, -0.15) is 0 Å². The van der Waals surface area contributed by atoms with Crippen LogP contribution < -0.4 is 16.2 Å². The van der Waals surface area contributed by atoms with Gasteiger partial charge in [0.05, 0.1) is 21.2 Å². The number of aliphatic carboxylic acids is 1. The number of esters is 2. The van der Waals surface area contributed by atoms with E-state index in [1.54, 1.807) is 12.1 Å². The first-order valence-corrected chi connectivity index (χ1v) is 14.5. The Bertz CT molecular complexity index is 1830. The average Bonchev–Trinajstić information content (AvgIpc) is 3.05. The van der Waals surface area contributed by atoms with Crippen LogP contribution in [0.2, 0.25) is 15.1 Å². The van der Waals surface area contributed by atoms with Crippen LogP contribution in [0.4, 0.5) is 5.69 Å². The lowest BCUT2D eigenvalue weighted by Crippen LogP contribution is -2.54. The Morgan fingerprint density at radius 3 is 1.55 bits per heavy atom. The van der Waals surface area contributed by atoms with Gasteiger partial charge in [-0.15, -0.1) is 0 Å². The van der Waals surface area contributed by atoms with Crippen LogP contribution in [0.25, 0.3) is 0 Å². The highest BCUT2D eigenvalue weighted by Gasteiger charge is 2.41. The molecule has 0 saturated heterocycles. The molecule has 0 aromatic heterocycles. The molecule has 0 unspecified atom stereocenters. The van der Waals surface area contributed by atoms with Crippen LogP contribution in [-0.4, -0.2) is 52.9 Å². The van der Waals surface area contributed by atoms with Crippen molar-refractivity contribution in [3.05, 3.63) is 134 Å². The summed E-state index contributed by atoms with van der Waals surface area (Å²) in [4.78, 5) is 76.4. The second kappa shape index (κ2) is 15.7. The number of carbonyl (C=O) groups is 6. The number of hydrogen-bond donors (Lipinski definition) is 4. The number of hydrazine groups is 1. The summed E-state index contributed by atoms with van der Waals surface area (Å²) in [5.74, 6) is -6.98. The number of nitrogens with one attached hydrogen (secondary N) is 3. The predicted molar refractivity (Wildman–Crippen MR) is 170 cm³/mol. The van der Waals surface area contributed by atoms with Gasteiger partial charge in [-0.3, -0.25) is 25.2 Å². The van der Waals surface area contributed by atoms with E-state index in [4.69, 9.17) is 44.3 Å². The maximum Gasteiger partial charge on any atom is 0.349 e. The summed E-state index contributed by atoms with van der Waals surface area (Å²) in [6.45, 7) is 0. The van der Waals surface area contributed by atoms with Crippen molar-refractivity contribution in [2.45, 2.75) is 12.2 Å². The summed E-state index contributed by atoms with van der Waals surface area (Å²) in [5, 5.41) is 12.9. The van der Waals surface area contributed by atoms with Crippen LogP contribution in [-0.2, 0) is 19.1 Å². The molecule has 0 fully saturated rings. The van der Waals surface area contributed by atoms with E-state index in [2.05, 4.69) is 10.7 Å². The Morgan fingerprint density at radius 2 is 1.04 bits per heavy atom. The van der Waals surface area contributed by atoms with E-state index in [1.165, 1.54) is 84.9 Å². The van der Waals surface area contributed by atoms with Crippen molar-refractivity contribution in [3.63, 3.8) is 0 Å². The molecule has 240 valence electrons. The fraction of sp³-hybridized carbons (Fsp3) is 0.0625. The lowest BCUT2D eigenvalue weighted by atomic mass is 10.1. The minimum Gasteiger partial charge on any atom is -0.478 e. The fourth-order valence-electron chi connectivity index (χ4n) is 3.88. The SMILES string of the molecule is O=C(NNC(=O)[C@H](OC(=O)c1ccccc1Cl)[C@@H](OC(=O)c1ccccc1Cl)C(=O)O)c1ccc(NC(=O)c2ccc(Cl)cc2)cc1. The number of hydrogen-bond acceptors (Lipinski definition) is 8. The van der Waals surface area contributed by atoms with E-state index in [0.29, 0.717) is 16.3 Å². The van der Waals surface area contributed by atoms with Crippen molar-refractivity contribution >= 4 is 76.1 Å². The summed E-state index contributed by atoms with van der Waals surface area (Å²) < 4.78 is 10.2. The predicted octanol–water partition coefficient (Wildman–Crippen LogP) is 5.20. The fourth-order valence-corrected chi connectivity index (χ4v) is 4.43. The standard InChI is InChI=1S/C32H22Cl3N3O9/c33-19-13-9-17(10-14-19)27(39)36-20-15-11-18(12-16-20)28(40)37-38-29(41)25(46-31(44)21-5-1-3-7-23(21)34)26(30(42)43)47-32(45)22-6-2-4-8-24(22)35/h1-16,25-26H,(H,36,39)(H,37,40)(H,38,41)(H,42,43)/t25-,26-/m1/s1. The Kier molecular flexibility index (Phi) is 11.5. The zero-order chi connectivity index (χ0) is 34.1. The molecular weight excluding hydrogens is 677 g/mol. The molecule has 0 radical (unpaired) electrons. The van der Waals surface area contributed by atoms with Gasteiger partial charge in [-0.25, -0.2) is 14.4 Å². The Hall–Kier alpha value is -5.43. The summed E-state index contributed by atoms with van der Waals surface area (Å²) in [5.41, 5.74) is 4.31. The maximum atomic E-state index is 13.2. The summed E-state index contributed by atoms with van der Waals surface area (Å²) in [6.07, 6.45) is -4.72. The first-order chi connectivity index (χ1) is 22.4. The highest BCUT2D eigenvalue weighted by Crippen LogP contribution is 2.21. The number of benzene rings is 4. The van der Waals surface area contributed by atoms with Crippen molar-refractivity contribution in [1.29, 1.82) is 0 Å². The van der Waals surface area contributed by atoms with Gasteiger partial charge < -0.3 is 19.9 Å². The molecule has 4 aromatic carbocycles. The number of carboxylic acid groups (broad SMARTS) is 1. The smallest absolute Gasteiger partial charge is 0.349 e. The van der Waals surface area contributed by atoms with Gasteiger partial charge in [0, 0.05) is 21.8 Å². The third kappa shape index (κ3) is 9.07. The molecule has 0 bridgehead atoms. The lowest BCUT2D eigenvalue weighted by Gasteiger charge is -2.24. The van der Waals surface area contributed by atoms with Crippen molar-refractivity contribution in [2.24, 2.45) is 0 Å². The van der Waals surface area contributed by atoms with Crippen molar-refractivity contribution in [2.75, 3.05) is 5.32 Å². The van der Waals surface area contributed by atoms with Crippen LogP contribution in [0.5, 0.6) is 0 Å². The minimum atomic E-state index is -2.40. The maximum absolute atomic E-state index is 13.2. The Labute approximate surface area is 281 Å². The molecule has 0 heterocycles. The normalized spacial score (nSPS) is 11.7. The van der Waals surface area contributed by atoms with Gasteiger partial charge in [0.25, 0.3) is 17.7 Å². The van der Waals surface area contributed by atoms with Gasteiger partial charge in [0.1, 0.15) is 0 Å². The van der Waals surface area contributed by atoms with Gasteiger partial charge in [0.2, 0.25) is 12.2 Å². The number of ether oxygens (including phenoxy) is 2. The van der Waals surface area contributed by atoms with Crippen molar-refractivity contribution in [1.82, 2.24) is 10.9 Å². The number of amides is 3. The zero-order valence-corrected chi connectivity index (χ0v) is 26.0. The number of carbonyl (C=O) groups excluding carboxylic acids is 5. The van der Waals surface area contributed by atoms with Gasteiger partial charge in [-0.05, 0) is 72.8 Å². The van der Waals surface area contributed by atoms with Gasteiger partial charge in [0.15, 0.2) is 0 Å². The second-order valence-electron chi connectivity index (χ2n) is 9.43. The molecule has 12 nitrogen and oxygen atoms in total. The lowest BCUT2D eigenvalue weighted by molar-refractivity contribution is -0.159. The van der Waals surface area contributed by atoms with Crippen molar-refractivity contribution < 1.29 is 43.3 Å². The molecular formula is C32H22Cl3N3O9. The number of rotatable bonds is 10. The third-order valence-electron chi connectivity index (χ3n) is 6.24. The Balaban J connectivity index is 1.48. The molecule has 0 aliphatic rings. The summed E-state index contributed by atoms with van der Waals surface area (Å²) in [6, 6.07) is 22.8. The Morgan fingerprint density at radius 1 is 0.574 bits per heavy atom. The number of anilines is 1. The highest BCUT2D eigenvalue weighted by atomic mass is 35.5. The summed E-state index contributed by atoms with van der Waals surface area (Å²) >= 11 is 17.9. The van der Waals surface area contributed by atoms with Crippen LogP contribution >= 0.6 is 34.8 Å². The minimum absolute atomic E-state index is 0.0133. The first-order valence-electron chi connectivity index (χ1n) is 13.4. The first kappa shape index (κ1) is 34.4. The van der Waals surface area contributed by atoms with E-state index in [-0.39, 0.29) is 26.7 Å². The monoisotopic (exact) mass is 697 g/mol. The van der Waals surface area contributed by atoms with Crippen LogP contribution in [0, 0.1) is 0 Å². The van der Waals surface area contributed by atoms with Gasteiger partial charge in [-0.1, -0.05) is 59.1 Å². The molecule has 4 N–H and O–H groups in total. The molecule has 3 amide bonds. The molecule has 47 heavy (non-hydrogen) atoms. The van der Waals surface area contributed by atoms with Crippen molar-refractivity contribution in [3.8, 4) is 0 Å². The molecule has 0 saturated carbocycles. The molecule has 4 rings (SSSR count). The van der Waals surface area contributed by atoms with E-state index < -0.39 is 47.8 Å². The van der Waals surface area contributed by atoms with Crippen LogP contribution in [0.3, 0.4) is 0 Å². The zero-order valence-electron chi connectivity index (χ0n) is 23.7. The second-order valence-corrected chi connectivity index (χ2v) is 10.7. The molecule has 15 heteroatoms. The molecule has 0 spiro atoms. The van der Waals surface area contributed by atoms with E-state index in [1.807, 2.05) is 5.43 Å². The largest absolute Gasteiger partial charge is 0.478 e. The van der Waals surface area contributed by atoms with E-state index >= 15 is 0 Å². The van der Waals surface area contributed by atoms with E-state index in [9.17, 15) is 33.9 Å². The molecule has 2 atom stereocenters. The quantitative estimate of drug-likeness (QED) is 0.128. The molecule has 0 aliphatic heterocycles. The van der Waals surface area contributed by atoms with Gasteiger partial charge >= 0.3 is 17.9 Å². The average molecular weight is 699 g/mol. The molecule has 4 aromatic rings.